The number of para-hydroxylation sites is 2. The standard InChI is InChI=1S/C13H10N2O2/c16-9-15-8-10-4-3-7-14-13(10)17-12-6-2-1-5-11(12)15/h1-3,5-9H,4H2. The highest BCUT2D eigenvalue weighted by atomic mass is 16.5. The van der Waals surface area contributed by atoms with Crippen LogP contribution in [0.2, 0.25) is 0 Å². The van der Waals surface area contributed by atoms with E-state index in [-0.39, 0.29) is 0 Å². The number of benzene rings is 1. The van der Waals surface area contributed by atoms with E-state index in [1.165, 1.54) is 4.90 Å². The van der Waals surface area contributed by atoms with E-state index in [9.17, 15) is 4.79 Å². The normalized spacial score (nSPS) is 17.1. The molecule has 0 saturated carbocycles. The highest BCUT2D eigenvalue weighted by Crippen LogP contribution is 2.32. The van der Waals surface area contributed by atoms with Crippen molar-refractivity contribution in [2.45, 2.75) is 6.42 Å². The molecule has 0 spiro atoms. The van der Waals surface area contributed by atoms with Crippen LogP contribution < -0.4 is 9.64 Å². The van der Waals surface area contributed by atoms with E-state index in [0.717, 1.165) is 24.1 Å². The molecule has 1 aromatic carbocycles. The predicted octanol–water partition coefficient (Wildman–Crippen LogP) is 2.24. The molecule has 4 heteroatoms. The minimum Gasteiger partial charge on any atom is -0.436 e. The van der Waals surface area contributed by atoms with Gasteiger partial charge in [-0.2, -0.15) is 0 Å². The lowest BCUT2D eigenvalue weighted by Gasteiger charge is -2.12. The molecule has 0 bridgehead atoms. The molecule has 0 saturated heterocycles. The molecule has 0 fully saturated rings. The molecule has 0 aliphatic carbocycles. The van der Waals surface area contributed by atoms with E-state index in [0.29, 0.717) is 11.6 Å². The van der Waals surface area contributed by atoms with Crippen LogP contribution in [-0.2, 0) is 4.79 Å². The van der Waals surface area contributed by atoms with Crippen molar-refractivity contribution in [1.82, 2.24) is 0 Å². The molecule has 0 atom stereocenters. The van der Waals surface area contributed by atoms with Gasteiger partial charge in [-0.3, -0.25) is 9.69 Å². The Morgan fingerprint density at radius 3 is 3.12 bits per heavy atom. The molecule has 1 amide bonds. The van der Waals surface area contributed by atoms with Gasteiger partial charge in [0, 0.05) is 18.0 Å². The smallest absolute Gasteiger partial charge is 0.224 e. The van der Waals surface area contributed by atoms with Gasteiger partial charge in [-0.05, 0) is 18.6 Å². The number of amides is 1. The van der Waals surface area contributed by atoms with Gasteiger partial charge in [0.2, 0.25) is 12.3 Å². The SMILES string of the molecule is O=CN1C=C2CC=CN=C2Oc2ccccc21. The van der Waals surface area contributed by atoms with Crippen LogP contribution in [0.3, 0.4) is 0 Å². The first-order valence-electron chi connectivity index (χ1n) is 5.33. The Morgan fingerprint density at radius 2 is 2.24 bits per heavy atom. The van der Waals surface area contributed by atoms with E-state index in [2.05, 4.69) is 4.99 Å². The number of hydrogen-bond donors (Lipinski definition) is 0. The average Bonchev–Trinajstić information content (AvgIpc) is 2.54. The number of carbonyl (C=O) groups is 1. The number of nitrogens with zero attached hydrogens (tertiary/aromatic N) is 2. The molecule has 3 rings (SSSR count). The second-order valence-electron chi connectivity index (χ2n) is 3.76. The van der Waals surface area contributed by atoms with Crippen molar-refractivity contribution in [3.05, 3.63) is 48.3 Å². The first-order valence-corrected chi connectivity index (χ1v) is 5.33. The highest BCUT2D eigenvalue weighted by Gasteiger charge is 2.21. The van der Waals surface area contributed by atoms with Crippen LogP contribution in [0.5, 0.6) is 5.75 Å². The van der Waals surface area contributed by atoms with Crippen molar-refractivity contribution in [1.29, 1.82) is 0 Å². The minimum absolute atomic E-state index is 0.560. The summed E-state index contributed by atoms with van der Waals surface area (Å²) in [6.07, 6.45) is 6.90. The predicted molar refractivity (Wildman–Crippen MR) is 64.9 cm³/mol. The minimum atomic E-state index is 0.560. The molecule has 2 aliphatic rings. The van der Waals surface area contributed by atoms with Gasteiger partial charge in [-0.25, -0.2) is 4.99 Å². The third-order valence-electron chi connectivity index (χ3n) is 2.67. The van der Waals surface area contributed by atoms with Gasteiger partial charge >= 0.3 is 0 Å². The van der Waals surface area contributed by atoms with Crippen molar-refractivity contribution in [2.24, 2.45) is 4.99 Å². The summed E-state index contributed by atoms with van der Waals surface area (Å²) in [5.41, 5.74) is 1.63. The summed E-state index contributed by atoms with van der Waals surface area (Å²) in [7, 11) is 0. The lowest BCUT2D eigenvalue weighted by molar-refractivity contribution is -0.106. The molecule has 2 aliphatic heterocycles. The first kappa shape index (κ1) is 9.84. The number of rotatable bonds is 1. The maximum atomic E-state index is 11.1. The summed E-state index contributed by atoms with van der Waals surface area (Å²) in [6.45, 7) is 0. The van der Waals surface area contributed by atoms with Gasteiger partial charge in [0.05, 0.1) is 5.69 Å². The van der Waals surface area contributed by atoms with Crippen LogP contribution in [0.1, 0.15) is 6.42 Å². The Bertz CT molecular complexity index is 558. The molecule has 0 N–H and O–H groups in total. The monoisotopic (exact) mass is 226 g/mol. The van der Waals surface area contributed by atoms with Gasteiger partial charge in [0.1, 0.15) is 0 Å². The van der Waals surface area contributed by atoms with Gasteiger partial charge in [0.15, 0.2) is 5.75 Å². The lowest BCUT2D eigenvalue weighted by atomic mass is 10.1. The fraction of sp³-hybridized carbons (Fsp3) is 0.0769. The molecule has 0 unspecified atom stereocenters. The van der Waals surface area contributed by atoms with Crippen molar-refractivity contribution in [3.8, 4) is 5.75 Å². The first-order chi connectivity index (χ1) is 8.38. The van der Waals surface area contributed by atoms with E-state index < -0.39 is 0 Å². The lowest BCUT2D eigenvalue weighted by Crippen LogP contribution is -2.14. The molecule has 4 nitrogen and oxygen atoms in total. The summed E-state index contributed by atoms with van der Waals surface area (Å²) >= 11 is 0. The Hall–Kier alpha value is -2.36. The Labute approximate surface area is 98.5 Å². The topological polar surface area (TPSA) is 41.9 Å². The number of hydrogen-bond acceptors (Lipinski definition) is 3. The summed E-state index contributed by atoms with van der Waals surface area (Å²) in [4.78, 5) is 16.8. The van der Waals surface area contributed by atoms with Crippen LogP contribution in [-0.4, -0.2) is 12.3 Å². The Balaban J connectivity index is 2.16. The average molecular weight is 226 g/mol. The zero-order valence-corrected chi connectivity index (χ0v) is 9.04. The Morgan fingerprint density at radius 1 is 1.35 bits per heavy atom. The summed E-state index contributed by atoms with van der Waals surface area (Å²) < 4.78 is 5.72. The van der Waals surface area contributed by atoms with Crippen molar-refractivity contribution < 1.29 is 9.53 Å². The van der Waals surface area contributed by atoms with E-state index in [1.54, 1.807) is 12.4 Å². The third kappa shape index (κ3) is 1.63. The molecule has 0 radical (unpaired) electrons. The van der Waals surface area contributed by atoms with Gasteiger partial charge in [0.25, 0.3) is 0 Å². The number of carbonyl (C=O) groups excluding carboxylic acids is 1. The number of anilines is 1. The zero-order chi connectivity index (χ0) is 11.7. The molecular formula is C13H10N2O2. The third-order valence-corrected chi connectivity index (χ3v) is 2.67. The van der Waals surface area contributed by atoms with E-state index >= 15 is 0 Å². The van der Waals surface area contributed by atoms with Crippen LogP contribution >= 0.6 is 0 Å². The van der Waals surface area contributed by atoms with Crippen molar-refractivity contribution in [2.75, 3.05) is 4.90 Å². The molecule has 84 valence electrons. The van der Waals surface area contributed by atoms with Crippen LogP contribution in [0.4, 0.5) is 5.69 Å². The number of ether oxygens (including phenoxy) is 1. The quantitative estimate of drug-likeness (QED) is 0.689. The van der Waals surface area contributed by atoms with Crippen LogP contribution in [0.15, 0.2) is 53.3 Å². The van der Waals surface area contributed by atoms with E-state index in [4.69, 9.17) is 4.74 Å². The molecule has 0 aromatic heterocycles. The van der Waals surface area contributed by atoms with Crippen LogP contribution in [0, 0.1) is 0 Å². The zero-order valence-electron chi connectivity index (χ0n) is 9.04. The molecular weight excluding hydrogens is 216 g/mol. The maximum absolute atomic E-state index is 11.1. The van der Waals surface area contributed by atoms with Gasteiger partial charge in [-0.1, -0.05) is 18.2 Å². The van der Waals surface area contributed by atoms with Gasteiger partial charge in [-0.15, -0.1) is 0 Å². The van der Waals surface area contributed by atoms with Gasteiger partial charge < -0.3 is 4.74 Å². The van der Waals surface area contributed by atoms with Crippen molar-refractivity contribution >= 4 is 18.0 Å². The second-order valence-corrected chi connectivity index (χ2v) is 3.76. The largest absolute Gasteiger partial charge is 0.436 e. The summed E-state index contributed by atoms with van der Waals surface area (Å²) in [5, 5.41) is 0. The number of fused-ring (bicyclic) bond motifs is 2. The fourth-order valence-electron chi connectivity index (χ4n) is 1.86. The van der Waals surface area contributed by atoms with Crippen LogP contribution in [0.25, 0.3) is 0 Å². The summed E-state index contributed by atoms with van der Waals surface area (Å²) in [5.74, 6) is 1.20. The fourth-order valence-corrected chi connectivity index (χ4v) is 1.86. The summed E-state index contributed by atoms with van der Waals surface area (Å²) in [6, 6.07) is 7.40. The molecule has 1 aromatic rings. The second kappa shape index (κ2) is 3.90. The maximum Gasteiger partial charge on any atom is 0.224 e. The van der Waals surface area contributed by atoms with Crippen molar-refractivity contribution in [3.63, 3.8) is 0 Å². The number of allylic oxidation sites excluding steroid dienone is 1. The highest BCUT2D eigenvalue weighted by molar-refractivity contribution is 6.00. The molecule has 17 heavy (non-hydrogen) atoms. The Kier molecular flexibility index (Phi) is 2.26. The van der Waals surface area contributed by atoms with E-state index in [1.807, 2.05) is 30.3 Å². The molecule has 2 heterocycles. The number of aliphatic imine (C=N–C) groups is 1.